The van der Waals surface area contributed by atoms with Crippen molar-refractivity contribution in [2.24, 2.45) is 5.92 Å². The molecule has 1 saturated heterocycles. The molecule has 0 unspecified atom stereocenters. The first-order valence-corrected chi connectivity index (χ1v) is 8.82. The maximum absolute atomic E-state index is 12.7. The molecule has 0 bridgehead atoms. The number of nitrogens with zero attached hydrogens (tertiary/aromatic N) is 2. The summed E-state index contributed by atoms with van der Waals surface area (Å²) < 4.78 is 7.59. The summed E-state index contributed by atoms with van der Waals surface area (Å²) in [6, 6.07) is 7.31. The van der Waals surface area contributed by atoms with E-state index in [1.165, 1.54) is 0 Å². The molecule has 1 fully saturated rings. The molecule has 1 amide bonds. The van der Waals surface area contributed by atoms with Crippen LogP contribution < -0.4 is 5.32 Å². The highest BCUT2D eigenvalue weighted by Gasteiger charge is 2.36. The number of carbonyl (C=O) groups excluding carboxylic acids is 1. The number of hydrogen-bond acceptors (Lipinski definition) is 4. The number of nitrogens with one attached hydrogen (secondary N) is 1. The van der Waals surface area contributed by atoms with Crippen molar-refractivity contribution in [1.82, 2.24) is 9.78 Å². The average Bonchev–Trinajstić information content (AvgIpc) is 3.29. The molecular weight excluding hydrogens is 334 g/mol. The Hall–Kier alpha value is -2.67. The third-order valence-electron chi connectivity index (χ3n) is 4.56. The molecule has 7 heteroatoms. The number of hydrogen-bond donors (Lipinski definition) is 2. The van der Waals surface area contributed by atoms with Crippen LogP contribution in [0.1, 0.15) is 37.0 Å². The molecule has 2 heterocycles. The molecule has 1 aliphatic rings. The maximum atomic E-state index is 12.7. The van der Waals surface area contributed by atoms with Gasteiger partial charge in [-0.2, -0.15) is 5.10 Å². The van der Waals surface area contributed by atoms with Gasteiger partial charge in [0.05, 0.1) is 18.2 Å². The predicted molar refractivity (Wildman–Crippen MR) is 95.7 cm³/mol. The molecule has 1 aromatic heterocycles. The van der Waals surface area contributed by atoms with Gasteiger partial charge in [-0.05, 0) is 37.5 Å². The van der Waals surface area contributed by atoms with Gasteiger partial charge in [-0.15, -0.1) is 0 Å². The molecule has 26 heavy (non-hydrogen) atoms. The summed E-state index contributed by atoms with van der Waals surface area (Å²) in [7, 11) is 0. The molecule has 2 aromatic rings. The SMILES string of the molecule is CCn1cc([C@H]2OCC[C@@H]2C(=O)Nc2cccc(CCC(=O)O)c2)cn1. The first-order chi connectivity index (χ1) is 12.6. The Morgan fingerprint density at radius 2 is 2.27 bits per heavy atom. The number of aromatic nitrogens is 2. The van der Waals surface area contributed by atoms with Crippen LogP contribution in [0.2, 0.25) is 0 Å². The van der Waals surface area contributed by atoms with Crippen LogP contribution in [0.4, 0.5) is 5.69 Å². The minimum atomic E-state index is -0.835. The van der Waals surface area contributed by atoms with Gasteiger partial charge in [-0.25, -0.2) is 0 Å². The lowest BCUT2D eigenvalue weighted by Gasteiger charge is -2.17. The highest BCUT2D eigenvalue weighted by Crippen LogP contribution is 2.35. The number of ether oxygens (including phenoxy) is 1. The first-order valence-electron chi connectivity index (χ1n) is 8.82. The maximum Gasteiger partial charge on any atom is 0.303 e. The number of benzene rings is 1. The van der Waals surface area contributed by atoms with E-state index in [4.69, 9.17) is 9.84 Å². The Labute approximate surface area is 152 Å². The summed E-state index contributed by atoms with van der Waals surface area (Å²) in [6.07, 6.45) is 4.55. The fraction of sp³-hybridized carbons (Fsp3) is 0.421. The van der Waals surface area contributed by atoms with Crippen LogP contribution in [0.25, 0.3) is 0 Å². The molecule has 0 spiro atoms. The molecule has 2 N–H and O–H groups in total. The summed E-state index contributed by atoms with van der Waals surface area (Å²) in [5.74, 6) is -1.20. The van der Waals surface area contributed by atoms with Crippen molar-refractivity contribution in [2.75, 3.05) is 11.9 Å². The minimum Gasteiger partial charge on any atom is -0.481 e. The van der Waals surface area contributed by atoms with Crippen LogP contribution in [0.5, 0.6) is 0 Å². The third-order valence-corrected chi connectivity index (χ3v) is 4.56. The zero-order valence-corrected chi connectivity index (χ0v) is 14.7. The molecule has 3 rings (SSSR count). The number of amides is 1. The lowest BCUT2D eigenvalue weighted by atomic mass is 9.96. The van der Waals surface area contributed by atoms with Gasteiger partial charge in [0.1, 0.15) is 0 Å². The zero-order chi connectivity index (χ0) is 18.5. The summed E-state index contributed by atoms with van der Waals surface area (Å²) in [5.41, 5.74) is 2.47. The van der Waals surface area contributed by atoms with Crippen molar-refractivity contribution in [3.05, 3.63) is 47.8 Å². The molecule has 138 valence electrons. The number of carboxylic acid groups (broad SMARTS) is 1. The second-order valence-corrected chi connectivity index (χ2v) is 6.40. The quantitative estimate of drug-likeness (QED) is 0.794. The van der Waals surface area contributed by atoms with Crippen LogP contribution in [0, 0.1) is 5.92 Å². The van der Waals surface area contributed by atoms with Crippen molar-refractivity contribution < 1.29 is 19.4 Å². The van der Waals surface area contributed by atoms with Crippen LogP contribution in [-0.4, -0.2) is 33.4 Å². The topological polar surface area (TPSA) is 93.5 Å². The normalized spacial score (nSPS) is 19.4. The van der Waals surface area contributed by atoms with Crippen LogP contribution in [0.15, 0.2) is 36.7 Å². The Morgan fingerprint density at radius 1 is 1.42 bits per heavy atom. The van der Waals surface area contributed by atoms with Gasteiger partial charge in [0, 0.05) is 37.0 Å². The van der Waals surface area contributed by atoms with Crippen LogP contribution in [0.3, 0.4) is 0 Å². The number of anilines is 1. The highest BCUT2D eigenvalue weighted by atomic mass is 16.5. The van der Waals surface area contributed by atoms with Crippen molar-refractivity contribution in [3.63, 3.8) is 0 Å². The van der Waals surface area contributed by atoms with Gasteiger partial charge in [0.25, 0.3) is 0 Å². The van der Waals surface area contributed by atoms with E-state index in [1.807, 2.05) is 42.1 Å². The summed E-state index contributed by atoms with van der Waals surface area (Å²) in [6.45, 7) is 3.32. The van der Waals surface area contributed by atoms with Crippen molar-refractivity contribution in [1.29, 1.82) is 0 Å². The van der Waals surface area contributed by atoms with Gasteiger partial charge in [0.2, 0.25) is 5.91 Å². The van der Waals surface area contributed by atoms with E-state index in [9.17, 15) is 9.59 Å². The molecule has 0 aliphatic carbocycles. The number of aliphatic carboxylic acids is 1. The van der Waals surface area contributed by atoms with Crippen molar-refractivity contribution in [2.45, 2.75) is 38.8 Å². The molecule has 0 saturated carbocycles. The first kappa shape index (κ1) is 18.1. The lowest BCUT2D eigenvalue weighted by molar-refractivity contribution is -0.137. The highest BCUT2D eigenvalue weighted by molar-refractivity contribution is 5.93. The van der Waals surface area contributed by atoms with Gasteiger partial charge >= 0.3 is 5.97 Å². The van der Waals surface area contributed by atoms with E-state index in [1.54, 1.807) is 6.20 Å². The summed E-state index contributed by atoms with van der Waals surface area (Å²) in [4.78, 5) is 23.5. The van der Waals surface area contributed by atoms with Crippen LogP contribution in [-0.2, 0) is 27.3 Å². The Kier molecular flexibility index (Phi) is 5.68. The third kappa shape index (κ3) is 4.29. The van der Waals surface area contributed by atoms with Gasteiger partial charge < -0.3 is 15.2 Å². The second-order valence-electron chi connectivity index (χ2n) is 6.40. The molecule has 1 aromatic carbocycles. The van der Waals surface area contributed by atoms with Crippen molar-refractivity contribution >= 4 is 17.6 Å². The lowest BCUT2D eigenvalue weighted by Crippen LogP contribution is -2.25. The van der Waals surface area contributed by atoms with E-state index in [-0.39, 0.29) is 24.3 Å². The summed E-state index contributed by atoms with van der Waals surface area (Å²) >= 11 is 0. The fourth-order valence-electron chi connectivity index (χ4n) is 3.18. The fourth-order valence-corrected chi connectivity index (χ4v) is 3.18. The van der Waals surface area contributed by atoms with E-state index in [2.05, 4.69) is 10.4 Å². The van der Waals surface area contributed by atoms with Gasteiger partial charge in [-0.3, -0.25) is 14.3 Å². The van der Waals surface area contributed by atoms with E-state index in [0.717, 1.165) is 17.7 Å². The number of rotatable bonds is 7. The minimum absolute atomic E-state index is 0.0668. The molecule has 0 radical (unpaired) electrons. The average molecular weight is 357 g/mol. The predicted octanol–water partition coefficient (Wildman–Crippen LogP) is 2.64. The van der Waals surface area contributed by atoms with Gasteiger partial charge in [0.15, 0.2) is 0 Å². The molecule has 7 nitrogen and oxygen atoms in total. The Morgan fingerprint density at radius 3 is 3.00 bits per heavy atom. The van der Waals surface area contributed by atoms with E-state index >= 15 is 0 Å². The van der Waals surface area contributed by atoms with Crippen molar-refractivity contribution in [3.8, 4) is 0 Å². The van der Waals surface area contributed by atoms with E-state index < -0.39 is 5.97 Å². The van der Waals surface area contributed by atoms with E-state index in [0.29, 0.717) is 25.1 Å². The van der Waals surface area contributed by atoms with Gasteiger partial charge in [-0.1, -0.05) is 12.1 Å². The smallest absolute Gasteiger partial charge is 0.303 e. The molecule has 2 atom stereocenters. The Bertz CT molecular complexity index is 787. The largest absolute Gasteiger partial charge is 0.481 e. The molecule has 1 aliphatic heterocycles. The number of aryl methyl sites for hydroxylation is 2. The molecular formula is C19H23N3O4. The zero-order valence-electron chi connectivity index (χ0n) is 14.7. The standard InChI is InChI=1S/C19H23N3O4/c1-2-22-12-14(11-20-22)18-16(8-9-26-18)19(25)21-15-5-3-4-13(10-15)6-7-17(23)24/h3-5,10-12,16,18H,2,6-9H2,1H3,(H,21,25)(H,23,24)/t16-,18+/m0/s1. The Balaban J connectivity index is 1.67. The second kappa shape index (κ2) is 8.14. The van der Waals surface area contributed by atoms with Crippen LogP contribution >= 0.6 is 0 Å². The summed E-state index contributed by atoms with van der Waals surface area (Å²) in [5, 5.41) is 16.0. The number of carbonyl (C=O) groups is 2. The monoisotopic (exact) mass is 357 g/mol. The number of carboxylic acids is 1.